The van der Waals surface area contributed by atoms with Gasteiger partial charge in [-0.3, -0.25) is 0 Å². The van der Waals surface area contributed by atoms with Gasteiger partial charge in [-0.15, -0.1) is 0 Å². The maximum Gasteiger partial charge on any atom is 0.135 e. The molecule has 0 spiro atoms. The van der Waals surface area contributed by atoms with Crippen molar-refractivity contribution in [1.82, 2.24) is 0 Å². The van der Waals surface area contributed by atoms with Crippen LogP contribution < -0.4 is 9.80 Å². The standard InChI is InChI=1S/C52H34N2O2/c1-3-13-36(14-4-1)53(39-27-31-51-46(33-39)44-19-9-11-21-49(44)55-51)38-25-23-35(24-26-38)41-29-30-48(43-18-8-7-17-42(41)43)54(37-15-5-2-6-16-37)40-28-32-52-47(34-40)45-20-10-12-22-50(45)56-52/h1-34H. The molecule has 0 radical (unpaired) electrons. The lowest BCUT2D eigenvalue weighted by Crippen LogP contribution is -2.10. The Morgan fingerprint density at radius 2 is 0.696 bits per heavy atom. The summed E-state index contributed by atoms with van der Waals surface area (Å²) in [5, 5.41) is 6.78. The molecule has 264 valence electrons. The van der Waals surface area contributed by atoms with Crippen LogP contribution in [0.2, 0.25) is 0 Å². The highest BCUT2D eigenvalue weighted by Crippen LogP contribution is 2.44. The molecule has 0 atom stereocenters. The maximum atomic E-state index is 6.21. The zero-order valence-electron chi connectivity index (χ0n) is 30.3. The summed E-state index contributed by atoms with van der Waals surface area (Å²) in [6, 6.07) is 72.8. The number of rotatable bonds is 7. The molecule has 0 aliphatic carbocycles. The quantitative estimate of drug-likeness (QED) is 0.164. The molecule has 0 unspecified atom stereocenters. The van der Waals surface area contributed by atoms with E-state index in [0.717, 1.165) is 83.6 Å². The molecule has 56 heavy (non-hydrogen) atoms. The SMILES string of the molecule is c1ccc(N(c2ccc(-c3ccc(N(c4ccccc4)c4ccc5oc6ccccc6c5c4)c4ccccc34)cc2)c2ccc3oc4ccccc4c3c2)cc1. The highest BCUT2D eigenvalue weighted by molar-refractivity contribution is 6.10. The second kappa shape index (κ2) is 13.1. The van der Waals surface area contributed by atoms with Crippen molar-refractivity contribution in [2.75, 3.05) is 9.80 Å². The fraction of sp³-hybridized carbons (Fsp3) is 0. The molecule has 0 saturated carbocycles. The summed E-state index contributed by atoms with van der Waals surface area (Å²) in [6.07, 6.45) is 0. The van der Waals surface area contributed by atoms with Crippen LogP contribution in [0.4, 0.5) is 34.1 Å². The largest absolute Gasteiger partial charge is 0.456 e. The van der Waals surface area contributed by atoms with Crippen LogP contribution in [0.1, 0.15) is 0 Å². The second-order valence-electron chi connectivity index (χ2n) is 14.1. The zero-order valence-corrected chi connectivity index (χ0v) is 30.3. The summed E-state index contributed by atoms with van der Waals surface area (Å²) >= 11 is 0. The Morgan fingerprint density at radius 3 is 1.29 bits per heavy atom. The maximum absolute atomic E-state index is 6.21. The number of hydrogen-bond donors (Lipinski definition) is 0. The third kappa shape index (κ3) is 5.31. The van der Waals surface area contributed by atoms with E-state index in [1.165, 1.54) is 16.3 Å². The van der Waals surface area contributed by atoms with Gasteiger partial charge in [-0.05, 0) is 108 Å². The number of para-hydroxylation sites is 4. The highest BCUT2D eigenvalue weighted by Gasteiger charge is 2.20. The van der Waals surface area contributed by atoms with Gasteiger partial charge in [-0.25, -0.2) is 0 Å². The molecule has 11 aromatic rings. The average molecular weight is 719 g/mol. The Hall–Kier alpha value is -7.56. The predicted octanol–water partition coefficient (Wildman–Crippen LogP) is 15.2. The van der Waals surface area contributed by atoms with Crippen molar-refractivity contribution in [2.45, 2.75) is 0 Å². The molecule has 2 aromatic heterocycles. The van der Waals surface area contributed by atoms with E-state index in [4.69, 9.17) is 8.83 Å². The summed E-state index contributed by atoms with van der Waals surface area (Å²) in [4.78, 5) is 4.66. The molecule has 0 N–H and O–H groups in total. The van der Waals surface area contributed by atoms with Gasteiger partial charge in [0.15, 0.2) is 0 Å². The van der Waals surface area contributed by atoms with E-state index < -0.39 is 0 Å². The van der Waals surface area contributed by atoms with E-state index in [0.29, 0.717) is 0 Å². The summed E-state index contributed by atoms with van der Waals surface area (Å²) in [5.41, 5.74) is 12.4. The first-order chi connectivity index (χ1) is 27.8. The summed E-state index contributed by atoms with van der Waals surface area (Å²) in [7, 11) is 0. The van der Waals surface area contributed by atoms with Crippen LogP contribution in [0.25, 0.3) is 65.8 Å². The highest BCUT2D eigenvalue weighted by atomic mass is 16.3. The minimum absolute atomic E-state index is 0.882. The lowest BCUT2D eigenvalue weighted by atomic mass is 9.96. The van der Waals surface area contributed by atoms with Crippen LogP contribution in [0, 0.1) is 0 Å². The van der Waals surface area contributed by atoms with Gasteiger partial charge in [0.2, 0.25) is 0 Å². The lowest BCUT2D eigenvalue weighted by Gasteiger charge is -2.28. The smallest absolute Gasteiger partial charge is 0.135 e. The van der Waals surface area contributed by atoms with Gasteiger partial charge in [-0.2, -0.15) is 0 Å². The van der Waals surface area contributed by atoms with Gasteiger partial charge < -0.3 is 18.6 Å². The molecule has 4 nitrogen and oxygen atoms in total. The summed E-state index contributed by atoms with van der Waals surface area (Å²) in [5.74, 6) is 0. The van der Waals surface area contributed by atoms with Gasteiger partial charge in [0.05, 0.1) is 5.69 Å². The monoisotopic (exact) mass is 718 g/mol. The van der Waals surface area contributed by atoms with Crippen molar-refractivity contribution in [3.05, 3.63) is 206 Å². The third-order valence-electron chi connectivity index (χ3n) is 10.8. The van der Waals surface area contributed by atoms with Crippen molar-refractivity contribution >= 4 is 88.8 Å². The van der Waals surface area contributed by atoms with Crippen LogP contribution in [-0.4, -0.2) is 0 Å². The van der Waals surface area contributed by atoms with E-state index in [9.17, 15) is 0 Å². The van der Waals surface area contributed by atoms with Crippen LogP contribution in [0.5, 0.6) is 0 Å². The summed E-state index contributed by atoms with van der Waals surface area (Å²) < 4.78 is 12.4. The Bertz CT molecular complexity index is 3200. The van der Waals surface area contributed by atoms with Crippen LogP contribution in [-0.2, 0) is 0 Å². The Balaban J connectivity index is 1.02. The van der Waals surface area contributed by atoms with E-state index in [2.05, 4.69) is 192 Å². The molecular formula is C52H34N2O2. The van der Waals surface area contributed by atoms with Crippen LogP contribution in [0.3, 0.4) is 0 Å². The topological polar surface area (TPSA) is 32.8 Å². The molecular weight excluding hydrogens is 685 g/mol. The van der Waals surface area contributed by atoms with Crippen LogP contribution in [0.15, 0.2) is 215 Å². The number of fused-ring (bicyclic) bond motifs is 7. The first-order valence-corrected chi connectivity index (χ1v) is 18.9. The number of hydrogen-bond acceptors (Lipinski definition) is 4. The lowest BCUT2D eigenvalue weighted by molar-refractivity contribution is 0.668. The molecule has 2 heterocycles. The van der Waals surface area contributed by atoms with E-state index in [1.54, 1.807) is 0 Å². The molecule has 0 aliphatic heterocycles. The molecule has 0 saturated heterocycles. The first kappa shape index (κ1) is 31.9. The van der Waals surface area contributed by atoms with Crippen molar-refractivity contribution in [3.63, 3.8) is 0 Å². The molecule has 0 aliphatic rings. The van der Waals surface area contributed by atoms with Crippen molar-refractivity contribution < 1.29 is 8.83 Å². The number of anilines is 6. The zero-order chi connectivity index (χ0) is 37.0. The molecule has 4 heteroatoms. The molecule has 0 bridgehead atoms. The second-order valence-corrected chi connectivity index (χ2v) is 14.1. The molecule has 0 amide bonds. The molecule has 0 fully saturated rings. The Kier molecular flexibility index (Phi) is 7.46. The van der Waals surface area contributed by atoms with E-state index in [-0.39, 0.29) is 0 Å². The number of nitrogens with zero attached hydrogens (tertiary/aromatic N) is 2. The predicted molar refractivity (Wildman–Crippen MR) is 233 cm³/mol. The average Bonchev–Trinajstić information content (AvgIpc) is 3.83. The summed E-state index contributed by atoms with van der Waals surface area (Å²) in [6.45, 7) is 0. The van der Waals surface area contributed by atoms with Gasteiger partial charge >= 0.3 is 0 Å². The van der Waals surface area contributed by atoms with E-state index >= 15 is 0 Å². The van der Waals surface area contributed by atoms with Gasteiger partial charge in [0.1, 0.15) is 22.3 Å². The van der Waals surface area contributed by atoms with Crippen molar-refractivity contribution in [2.24, 2.45) is 0 Å². The van der Waals surface area contributed by atoms with Crippen molar-refractivity contribution in [1.29, 1.82) is 0 Å². The third-order valence-corrected chi connectivity index (χ3v) is 10.8. The molecule has 9 aromatic carbocycles. The minimum atomic E-state index is 0.882. The van der Waals surface area contributed by atoms with Gasteiger partial charge in [-0.1, -0.05) is 115 Å². The normalized spacial score (nSPS) is 11.6. The fourth-order valence-corrected chi connectivity index (χ4v) is 8.25. The number of furan rings is 2. The Labute approximate surface area is 323 Å². The van der Waals surface area contributed by atoms with Gasteiger partial charge in [0.25, 0.3) is 0 Å². The van der Waals surface area contributed by atoms with E-state index in [1.807, 2.05) is 24.3 Å². The van der Waals surface area contributed by atoms with Crippen LogP contribution >= 0.6 is 0 Å². The first-order valence-electron chi connectivity index (χ1n) is 18.9. The van der Waals surface area contributed by atoms with Crippen molar-refractivity contribution in [3.8, 4) is 11.1 Å². The fourth-order valence-electron chi connectivity index (χ4n) is 8.25. The molecule has 11 rings (SSSR count). The Morgan fingerprint density at radius 1 is 0.268 bits per heavy atom. The minimum Gasteiger partial charge on any atom is -0.456 e. The van der Waals surface area contributed by atoms with Gasteiger partial charge in [0, 0.05) is 55.4 Å². The number of benzene rings is 9.